The standard InChI is InChI=1S/C23H17BrClN3OS/c24-19-7-1-17(2-8-19)14-29-21-11-3-16(4-12-21)13-26-28-23-27-22(15-30-23)18-5-9-20(25)10-6-18/h1-13,15H,14H2,(H,27,28). The molecule has 0 aliphatic carbocycles. The molecule has 150 valence electrons. The van der Waals surface area contributed by atoms with E-state index in [0.29, 0.717) is 11.6 Å². The van der Waals surface area contributed by atoms with Gasteiger partial charge in [-0.05, 0) is 59.7 Å². The lowest BCUT2D eigenvalue weighted by molar-refractivity contribution is 0.306. The molecule has 0 aliphatic heterocycles. The van der Waals surface area contributed by atoms with Gasteiger partial charge in [0.1, 0.15) is 12.4 Å². The van der Waals surface area contributed by atoms with Crippen LogP contribution in [0.2, 0.25) is 5.02 Å². The number of nitrogens with zero attached hydrogens (tertiary/aromatic N) is 2. The average Bonchev–Trinajstić information content (AvgIpc) is 3.24. The molecule has 0 aliphatic rings. The van der Waals surface area contributed by atoms with Crippen LogP contribution in [0, 0.1) is 0 Å². The number of hydrogen-bond donors (Lipinski definition) is 1. The number of anilines is 1. The SMILES string of the molecule is Clc1ccc(-c2csc(NN=Cc3ccc(OCc4ccc(Br)cc4)cc3)n2)cc1. The molecule has 0 fully saturated rings. The smallest absolute Gasteiger partial charge is 0.203 e. The molecule has 4 aromatic rings. The Balaban J connectivity index is 1.30. The first kappa shape index (κ1) is 20.6. The van der Waals surface area contributed by atoms with Crippen LogP contribution in [-0.2, 0) is 6.61 Å². The van der Waals surface area contributed by atoms with Crippen molar-refractivity contribution in [2.24, 2.45) is 5.10 Å². The van der Waals surface area contributed by atoms with E-state index in [1.54, 1.807) is 6.21 Å². The second kappa shape index (κ2) is 9.89. The second-order valence-electron chi connectivity index (χ2n) is 6.40. The van der Waals surface area contributed by atoms with Gasteiger partial charge in [-0.2, -0.15) is 5.10 Å². The Morgan fingerprint density at radius 2 is 1.73 bits per heavy atom. The van der Waals surface area contributed by atoms with E-state index in [4.69, 9.17) is 16.3 Å². The first-order chi connectivity index (χ1) is 14.7. The average molecular weight is 499 g/mol. The van der Waals surface area contributed by atoms with Crippen LogP contribution in [0.15, 0.2) is 87.8 Å². The molecule has 7 heteroatoms. The maximum Gasteiger partial charge on any atom is 0.203 e. The zero-order chi connectivity index (χ0) is 20.8. The molecule has 0 radical (unpaired) electrons. The van der Waals surface area contributed by atoms with Gasteiger partial charge in [0, 0.05) is 20.4 Å². The number of hydrazone groups is 1. The van der Waals surface area contributed by atoms with Gasteiger partial charge in [-0.15, -0.1) is 11.3 Å². The largest absolute Gasteiger partial charge is 0.489 e. The van der Waals surface area contributed by atoms with E-state index < -0.39 is 0 Å². The van der Waals surface area contributed by atoms with Gasteiger partial charge < -0.3 is 4.74 Å². The minimum atomic E-state index is 0.530. The van der Waals surface area contributed by atoms with Crippen molar-refractivity contribution in [3.63, 3.8) is 0 Å². The van der Waals surface area contributed by atoms with Crippen molar-refractivity contribution < 1.29 is 4.74 Å². The third-order valence-electron chi connectivity index (χ3n) is 4.22. The van der Waals surface area contributed by atoms with Crippen molar-refractivity contribution in [1.29, 1.82) is 0 Å². The Bertz CT molecular complexity index is 1130. The minimum absolute atomic E-state index is 0.530. The van der Waals surface area contributed by atoms with Crippen LogP contribution in [-0.4, -0.2) is 11.2 Å². The summed E-state index contributed by atoms with van der Waals surface area (Å²) in [5, 5.41) is 7.69. The molecule has 30 heavy (non-hydrogen) atoms. The highest BCUT2D eigenvalue weighted by atomic mass is 79.9. The molecule has 1 heterocycles. The van der Waals surface area contributed by atoms with Gasteiger partial charge in [0.25, 0.3) is 0 Å². The Hall–Kier alpha value is -2.67. The van der Waals surface area contributed by atoms with E-state index in [0.717, 1.165) is 37.7 Å². The summed E-state index contributed by atoms with van der Waals surface area (Å²) >= 11 is 10.9. The molecule has 0 spiro atoms. The Kier molecular flexibility index (Phi) is 6.79. The quantitative estimate of drug-likeness (QED) is 0.216. The highest BCUT2D eigenvalue weighted by Gasteiger charge is 2.04. The molecule has 0 atom stereocenters. The lowest BCUT2D eigenvalue weighted by Crippen LogP contribution is -1.95. The highest BCUT2D eigenvalue weighted by Crippen LogP contribution is 2.26. The molecule has 0 bridgehead atoms. The lowest BCUT2D eigenvalue weighted by atomic mass is 10.2. The van der Waals surface area contributed by atoms with Crippen LogP contribution in [0.5, 0.6) is 5.75 Å². The molecule has 0 amide bonds. The van der Waals surface area contributed by atoms with Gasteiger partial charge in [0.2, 0.25) is 5.13 Å². The Labute approximate surface area is 192 Å². The topological polar surface area (TPSA) is 46.5 Å². The number of hydrogen-bond acceptors (Lipinski definition) is 5. The molecule has 4 nitrogen and oxygen atoms in total. The minimum Gasteiger partial charge on any atom is -0.489 e. The van der Waals surface area contributed by atoms with Gasteiger partial charge in [0.05, 0.1) is 11.9 Å². The number of nitrogens with one attached hydrogen (secondary N) is 1. The van der Waals surface area contributed by atoms with E-state index in [2.05, 4.69) is 31.4 Å². The zero-order valence-electron chi connectivity index (χ0n) is 15.8. The van der Waals surface area contributed by atoms with Crippen LogP contribution in [0.3, 0.4) is 0 Å². The molecule has 0 saturated heterocycles. The molecule has 0 saturated carbocycles. The van der Waals surface area contributed by atoms with E-state index in [9.17, 15) is 0 Å². The second-order valence-corrected chi connectivity index (χ2v) is 8.61. The molecule has 3 aromatic carbocycles. The number of halogens is 2. The van der Waals surface area contributed by atoms with Crippen molar-refractivity contribution in [3.8, 4) is 17.0 Å². The highest BCUT2D eigenvalue weighted by molar-refractivity contribution is 9.10. The van der Waals surface area contributed by atoms with Crippen molar-refractivity contribution in [3.05, 3.63) is 98.8 Å². The lowest BCUT2D eigenvalue weighted by Gasteiger charge is -2.06. The fourth-order valence-electron chi connectivity index (χ4n) is 2.64. The van der Waals surface area contributed by atoms with Crippen LogP contribution in [0.4, 0.5) is 5.13 Å². The fraction of sp³-hybridized carbons (Fsp3) is 0.0435. The summed E-state index contributed by atoms with van der Waals surface area (Å²) < 4.78 is 6.88. The maximum absolute atomic E-state index is 5.93. The van der Waals surface area contributed by atoms with Crippen molar-refractivity contribution in [2.75, 3.05) is 5.43 Å². The summed E-state index contributed by atoms with van der Waals surface area (Å²) in [5.41, 5.74) is 6.97. The van der Waals surface area contributed by atoms with E-state index in [1.165, 1.54) is 11.3 Å². The fourth-order valence-corrected chi connectivity index (χ4v) is 3.70. The number of ether oxygens (including phenoxy) is 1. The summed E-state index contributed by atoms with van der Waals surface area (Å²) in [5.74, 6) is 0.815. The van der Waals surface area contributed by atoms with Crippen molar-refractivity contribution in [2.45, 2.75) is 6.61 Å². The van der Waals surface area contributed by atoms with E-state index in [1.807, 2.05) is 78.2 Å². The molecule has 1 aromatic heterocycles. The van der Waals surface area contributed by atoms with Crippen LogP contribution >= 0.6 is 38.9 Å². The number of aromatic nitrogens is 1. The van der Waals surface area contributed by atoms with Crippen LogP contribution < -0.4 is 10.2 Å². The molecular formula is C23H17BrClN3OS. The first-order valence-corrected chi connectivity index (χ1v) is 11.2. The number of benzene rings is 3. The maximum atomic E-state index is 5.93. The van der Waals surface area contributed by atoms with Gasteiger partial charge in [-0.3, -0.25) is 5.43 Å². The first-order valence-electron chi connectivity index (χ1n) is 9.13. The monoisotopic (exact) mass is 497 g/mol. The predicted molar refractivity (Wildman–Crippen MR) is 129 cm³/mol. The normalized spacial score (nSPS) is 11.0. The summed E-state index contributed by atoms with van der Waals surface area (Å²) in [6.45, 7) is 0.530. The van der Waals surface area contributed by atoms with Crippen LogP contribution in [0.1, 0.15) is 11.1 Å². The molecule has 1 N–H and O–H groups in total. The van der Waals surface area contributed by atoms with E-state index in [-0.39, 0.29) is 0 Å². The summed E-state index contributed by atoms with van der Waals surface area (Å²) in [7, 11) is 0. The predicted octanol–water partition coefficient (Wildman–Crippen LogP) is 7.25. The van der Waals surface area contributed by atoms with Gasteiger partial charge in [0.15, 0.2) is 0 Å². The van der Waals surface area contributed by atoms with Gasteiger partial charge in [-0.25, -0.2) is 4.98 Å². The third-order valence-corrected chi connectivity index (χ3v) is 5.74. The summed E-state index contributed by atoms with van der Waals surface area (Å²) in [4.78, 5) is 4.54. The van der Waals surface area contributed by atoms with Crippen molar-refractivity contribution in [1.82, 2.24) is 4.98 Å². The summed E-state index contributed by atoms with van der Waals surface area (Å²) in [6, 6.07) is 23.5. The molecular weight excluding hydrogens is 482 g/mol. The number of thiazole rings is 1. The van der Waals surface area contributed by atoms with Gasteiger partial charge in [-0.1, -0.05) is 51.8 Å². The van der Waals surface area contributed by atoms with Gasteiger partial charge >= 0.3 is 0 Å². The van der Waals surface area contributed by atoms with E-state index >= 15 is 0 Å². The summed E-state index contributed by atoms with van der Waals surface area (Å²) in [6.07, 6.45) is 1.75. The third kappa shape index (κ3) is 5.69. The zero-order valence-corrected chi connectivity index (χ0v) is 18.9. The molecule has 0 unspecified atom stereocenters. The Morgan fingerprint density at radius 1 is 1.00 bits per heavy atom. The van der Waals surface area contributed by atoms with Crippen molar-refractivity contribution >= 4 is 50.2 Å². The molecule has 4 rings (SSSR count). The van der Waals surface area contributed by atoms with Crippen LogP contribution in [0.25, 0.3) is 11.3 Å². The Morgan fingerprint density at radius 3 is 2.47 bits per heavy atom. The number of rotatable bonds is 7.